The normalized spacial score (nSPS) is 12.0. The first kappa shape index (κ1) is 23.6. The zero-order chi connectivity index (χ0) is 25.3. The van der Waals surface area contributed by atoms with Crippen LogP contribution in [0.4, 0.5) is 0 Å². The highest BCUT2D eigenvalue weighted by molar-refractivity contribution is 7.00. The van der Waals surface area contributed by atoms with Gasteiger partial charge in [0.25, 0.3) is 0 Å². The molecule has 0 unspecified atom stereocenters. The molecule has 5 rings (SSSR count). The minimum absolute atomic E-state index is 0.143. The summed E-state index contributed by atoms with van der Waals surface area (Å²) in [6.45, 7) is 6.56. The summed E-state index contributed by atoms with van der Waals surface area (Å²) in [6, 6.07) is 34.7. The Balaban J connectivity index is 1.73. The fraction of sp³-hybridized carbons (Fsp3) is 0.129. The van der Waals surface area contributed by atoms with Crippen molar-refractivity contribution in [2.24, 2.45) is 0 Å². The van der Waals surface area contributed by atoms with E-state index in [0.717, 1.165) is 15.9 Å². The van der Waals surface area contributed by atoms with Crippen LogP contribution in [0, 0.1) is 0 Å². The Kier molecular flexibility index (Phi) is 6.02. The first-order chi connectivity index (χ1) is 17.3. The molecule has 5 aromatic rings. The van der Waals surface area contributed by atoms with Crippen molar-refractivity contribution in [3.8, 4) is 22.8 Å². The van der Waals surface area contributed by atoms with E-state index >= 15 is 0 Å². The van der Waals surface area contributed by atoms with Gasteiger partial charge in [-0.3, -0.25) is 4.79 Å². The first-order valence-corrected chi connectivity index (χ1v) is 13.9. The largest absolute Gasteiger partial charge is 0.534 e. The van der Waals surface area contributed by atoms with Crippen LogP contribution >= 0.6 is 0 Å². The summed E-state index contributed by atoms with van der Waals surface area (Å²) < 4.78 is 13.2. The number of aromatic hydroxyl groups is 1. The molecule has 4 aromatic carbocycles. The van der Waals surface area contributed by atoms with Gasteiger partial charge in [-0.2, -0.15) is 0 Å². The second kappa shape index (κ2) is 9.17. The third-order valence-corrected chi connectivity index (χ3v) is 11.5. The number of phenols is 1. The van der Waals surface area contributed by atoms with Gasteiger partial charge in [-0.1, -0.05) is 112 Å². The number of rotatable bonds is 5. The Morgan fingerprint density at radius 3 is 1.81 bits per heavy atom. The topological polar surface area (TPSA) is 59.7 Å². The van der Waals surface area contributed by atoms with Gasteiger partial charge in [0, 0.05) is 23.8 Å². The van der Waals surface area contributed by atoms with Gasteiger partial charge < -0.3 is 13.9 Å². The van der Waals surface area contributed by atoms with Crippen LogP contribution in [-0.2, 0) is 0 Å². The SMILES string of the molecule is CC(C)(C)[Si](Oc1cc(O)c2c(=O)cc(-c3ccccc3)oc2c1)(c1ccccc1)c1ccccc1. The maximum absolute atomic E-state index is 12.9. The average molecular weight is 493 g/mol. The fourth-order valence-corrected chi connectivity index (χ4v) is 9.28. The lowest BCUT2D eigenvalue weighted by atomic mass is 10.1. The van der Waals surface area contributed by atoms with Crippen molar-refractivity contribution in [1.82, 2.24) is 0 Å². The predicted octanol–water partition coefficient (Wildman–Crippen LogP) is 6.10. The van der Waals surface area contributed by atoms with Crippen LogP contribution in [0.25, 0.3) is 22.3 Å². The van der Waals surface area contributed by atoms with Crippen LogP contribution < -0.4 is 20.2 Å². The quantitative estimate of drug-likeness (QED) is 0.301. The molecule has 5 heteroatoms. The third kappa shape index (κ3) is 4.12. The molecule has 0 amide bonds. The summed E-state index contributed by atoms with van der Waals surface area (Å²) in [6.07, 6.45) is 0. The molecule has 0 saturated carbocycles. The average Bonchev–Trinajstić information content (AvgIpc) is 2.87. The van der Waals surface area contributed by atoms with E-state index in [2.05, 4.69) is 45.0 Å². The maximum Gasteiger partial charge on any atom is 0.319 e. The van der Waals surface area contributed by atoms with Gasteiger partial charge in [0.05, 0.1) is 0 Å². The van der Waals surface area contributed by atoms with E-state index in [1.54, 1.807) is 6.07 Å². The summed E-state index contributed by atoms with van der Waals surface area (Å²) >= 11 is 0. The summed E-state index contributed by atoms with van der Waals surface area (Å²) in [5.41, 5.74) is 0.771. The van der Waals surface area contributed by atoms with E-state index in [4.69, 9.17) is 8.84 Å². The van der Waals surface area contributed by atoms with Crippen LogP contribution in [0.1, 0.15) is 20.8 Å². The highest BCUT2D eigenvalue weighted by atomic mass is 28.4. The Morgan fingerprint density at radius 1 is 0.750 bits per heavy atom. The van der Waals surface area contributed by atoms with Crippen molar-refractivity contribution in [2.45, 2.75) is 25.8 Å². The van der Waals surface area contributed by atoms with Crippen molar-refractivity contribution < 1.29 is 13.9 Å². The Morgan fingerprint density at radius 2 is 1.28 bits per heavy atom. The Bertz CT molecular complexity index is 1510. The predicted molar refractivity (Wildman–Crippen MR) is 148 cm³/mol. The lowest BCUT2D eigenvalue weighted by Crippen LogP contribution is -2.68. The zero-order valence-electron chi connectivity index (χ0n) is 20.6. The molecule has 0 saturated heterocycles. The van der Waals surface area contributed by atoms with Crippen molar-refractivity contribution in [3.05, 3.63) is 119 Å². The van der Waals surface area contributed by atoms with Crippen LogP contribution in [0.15, 0.2) is 118 Å². The summed E-state index contributed by atoms with van der Waals surface area (Å²) in [5, 5.41) is 13.0. The molecule has 1 aromatic heterocycles. The molecule has 1 N–H and O–H groups in total. The van der Waals surface area contributed by atoms with Crippen molar-refractivity contribution in [3.63, 3.8) is 0 Å². The molecule has 0 bridgehead atoms. The minimum Gasteiger partial charge on any atom is -0.534 e. The van der Waals surface area contributed by atoms with Gasteiger partial charge in [-0.05, 0) is 15.4 Å². The second-order valence-electron chi connectivity index (χ2n) is 9.92. The van der Waals surface area contributed by atoms with E-state index in [9.17, 15) is 9.90 Å². The number of fused-ring (bicyclic) bond motifs is 1. The molecule has 0 aliphatic carbocycles. The van der Waals surface area contributed by atoms with Crippen LogP contribution in [0.5, 0.6) is 11.5 Å². The second-order valence-corrected chi connectivity index (χ2v) is 14.1. The summed E-state index contributed by atoms with van der Waals surface area (Å²) in [7, 11) is -2.92. The maximum atomic E-state index is 12.9. The fourth-order valence-electron chi connectivity index (χ4n) is 4.87. The number of benzene rings is 4. The molecule has 36 heavy (non-hydrogen) atoms. The standard InChI is InChI=1S/C31H28O4Si/c1-31(2,3)36(24-15-9-5-10-16-24,25-17-11-6-12-18-25)35-23-19-26(32)30-27(33)21-28(34-29(30)20-23)22-13-7-4-8-14-22/h4-21,32H,1-3H3. The van der Waals surface area contributed by atoms with E-state index in [1.807, 2.05) is 66.7 Å². The lowest BCUT2D eigenvalue weighted by molar-refractivity contribution is 0.468. The Hall–Kier alpha value is -4.09. The third-order valence-electron chi connectivity index (χ3n) is 6.53. The van der Waals surface area contributed by atoms with Crippen molar-refractivity contribution in [1.29, 1.82) is 0 Å². The Labute approximate surface area is 211 Å². The monoisotopic (exact) mass is 492 g/mol. The molecular weight excluding hydrogens is 464 g/mol. The lowest BCUT2D eigenvalue weighted by Gasteiger charge is -2.43. The van der Waals surface area contributed by atoms with E-state index in [1.165, 1.54) is 12.1 Å². The molecule has 1 heterocycles. The highest BCUT2D eigenvalue weighted by Crippen LogP contribution is 2.39. The number of hydrogen-bond acceptors (Lipinski definition) is 4. The molecule has 180 valence electrons. The molecule has 0 aliphatic heterocycles. The van der Waals surface area contributed by atoms with E-state index < -0.39 is 8.32 Å². The number of phenolic OH excluding ortho intramolecular Hbond substituents is 1. The van der Waals surface area contributed by atoms with Gasteiger partial charge in [-0.25, -0.2) is 0 Å². The highest BCUT2D eigenvalue weighted by Gasteiger charge is 2.52. The van der Waals surface area contributed by atoms with Crippen LogP contribution in [0.3, 0.4) is 0 Å². The molecule has 0 aliphatic rings. The van der Waals surface area contributed by atoms with Gasteiger partial charge in [-0.15, -0.1) is 0 Å². The van der Waals surface area contributed by atoms with E-state index in [-0.39, 0.29) is 27.2 Å². The van der Waals surface area contributed by atoms with Crippen LogP contribution in [-0.4, -0.2) is 13.4 Å². The van der Waals surface area contributed by atoms with Crippen LogP contribution in [0.2, 0.25) is 5.04 Å². The molecule has 0 atom stereocenters. The van der Waals surface area contributed by atoms with Crippen molar-refractivity contribution >= 4 is 29.7 Å². The minimum atomic E-state index is -2.92. The molecule has 0 radical (unpaired) electrons. The molecular formula is C31H28O4Si. The smallest absolute Gasteiger partial charge is 0.319 e. The molecule has 0 spiro atoms. The van der Waals surface area contributed by atoms with Gasteiger partial charge in [0.15, 0.2) is 5.43 Å². The molecule has 4 nitrogen and oxygen atoms in total. The number of hydrogen-bond donors (Lipinski definition) is 1. The first-order valence-electron chi connectivity index (χ1n) is 12.0. The summed E-state index contributed by atoms with van der Waals surface area (Å²) in [4.78, 5) is 12.9. The van der Waals surface area contributed by atoms with Gasteiger partial charge in [0.1, 0.15) is 28.2 Å². The van der Waals surface area contributed by atoms with Crippen molar-refractivity contribution in [2.75, 3.05) is 0 Å². The zero-order valence-corrected chi connectivity index (χ0v) is 21.6. The van der Waals surface area contributed by atoms with Gasteiger partial charge >= 0.3 is 8.32 Å². The summed E-state index contributed by atoms with van der Waals surface area (Å²) in [5.74, 6) is 0.742. The van der Waals surface area contributed by atoms with E-state index in [0.29, 0.717) is 11.5 Å². The van der Waals surface area contributed by atoms with Gasteiger partial charge in [0.2, 0.25) is 0 Å². The molecule has 0 fully saturated rings.